The molecule has 1 fully saturated rings. The molecule has 0 amide bonds. The van der Waals surface area contributed by atoms with Gasteiger partial charge in [-0.1, -0.05) is 0 Å². The fraction of sp³-hybridized carbons (Fsp3) is 0.250. The molecule has 0 bridgehead atoms. The highest BCUT2D eigenvalue weighted by Crippen LogP contribution is 2.32. The molecule has 1 atom stereocenters. The van der Waals surface area contributed by atoms with E-state index in [9.17, 15) is 4.79 Å². The first-order valence-electron chi connectivity index (χ1n) is 6.47. The number of carboxylic acids is 1. The minimum atomic E-state index is -0.755. The van der Waals surface area contributed by atoms with Gasteiger partial charge in [-0.3, -0.25) is 10.1 Å². The van der Waals surface area contributed by atoms with E-state index in [1.54, 1.807) is 11.8 Å². The molecular formula is C20H13NO2S. The summed E-state index contributed by atoms with van der Waals surface area (Å²) >= 11 is 1.64. The van der Waals surface area contributed by atoms with Crippen LogP contribution in [-0.2, 0) is 4.79 Å². The molecule has 0 spiro atoms. The SMILES string of the molecule is C#CC#CC#CC#CC#CC#CC#C.CC1(C)SCNC1C(=O)O. The second kappa shape index (κ2) is 12.3. The van der Waals surface area contributed by atoms with Crippen LogP contribution in [0.1, 0.15) is 13.8 Å². The molecule has 0 saturated carbocycles. The predicted octanol–water partition coefficient (Wildman–Crippen LogP) is 0.782. The number of hydrogen-bond acceptors (Lipinski definition) is 3. The molecule has 2 N–H and O–H groups in total. The molecule has 0 aromatic heterocycles. The first-order valence-corrected chi connectivity index (χ1v) is 7.45. The smallest absolute Gasteiger partial charge is 0.322 e. The van der Waals surface area contributed by atoms with Crippen LogP contribution in [0.5, 0.6) is 0 Å². The van der Waals surface area contributed by atoms with Crippen molar-refractivity contribution in [2.75, 3.05) is 5.88 Å². The molecule has 1 rings (SSSR count). The van der Waals surface area contributed by atoms with Crippen molar-refractivity contribution in [3.8, 4) is 83.9 Å². The van der Waals surface area contributed by atoms with Crippen LogP contribution < -0.4 is 5.32 Å². The van der Waals surface area contributed by atoms with Crippen LogP contribution in [0.25, 0.3) is 0 Å². The van der Waals surface area contributed by atoms with Gasteiger partial charge in [-0.15, -0.1) is 24.6 Å². The molecule has 1 aliphatic heterocycles. The van der Waals surface area contributed by atoms with Crippen LogP contribution >= 0.6 is 11.8 Å². The van der Waals surface area contributed by atoms with Crippen molar-refractivity contribution in [1.29, 1.82) is 0 Å². The van der Waals surface area contributed by atoms with Crippen molar-refractivity contribution >= 4 is 17.7 Å². The minimum absolute atomic E-state index is 0.161. The summed E-state index contributed by atoms with van der Waals surface area (Å²) in [5.74, 6) is 28.3. The van der Waals surface area contributed by atoms with Crippen LogP contribution in [-0.4, -0.2) is 27.7 Å². The Morgan fingerprint density at radius 2 is 1.33 bits per heavy atom. The van der Waals surface area contributed by atoms with Gasteiger partial charge >= 0.3 is 5.97 Å². The highest BCUT2D eigenvalue weighted by Gasteiger charge is 2.39. The van der Waals surface area contributed by atoms with Gasteiger partial charge in [-0.25, -0.2) is 0 Å². The van der Waals surface area contributed by atoms with Gasteiger partial charge in [0, 0.05) is 10.6 Å². The van der Waals surface area contributed by atoms with Crippen molar-refractivity contribution in [3.05, 3.63) is 0 Å². The van der Waals surface area contributed by atoms with Crippen LogP contribution in [0.3, 0.4) is 0 Å². The molecule has 1 unspecified atom stereocenters. The van der Waals surface area contributed by atoms with E-state index in [-0.39, 0.29) is 4.75 Å². The Balaban J connectivity index is 0.000000463. The Morgan fingerprint density at radius 1 is 0.958 bits per heavy atom. The van der Waals surface area contributed by atoms with Gasteiger partial charge in [-0.05, 0) is 84.9 Å². The van der Waals surface area contributed by atoms with Gasteiger partial charge in [0.2, 0.25) is 0 Å². The zero-order valence-electron chi connectivity index (χ0n) is 13.2. The lowest BCUT2D eigenvalue weighted by Gasteiger charge is -2.20. The molecule has 4 heteroatoms. The Morgan fingerprint density at radius 3 is 1.54 bits per heavy atom. The highest BCUT2D eigenvalue weighted by molar-refractivity contribution is 8.00. The van der Waals surface area contributed by atoms with Gasteiger partial charge in [0.15, 0.2) is 0 Å². The summed E-state index contributed by atoms with van der Waals surface area (Å²) in [6, 6.07) is -0.391. The number of terminal acetylenes is 2. The number of carboxylic acid groups (broad SMARTS) is 1. The summed E-state index contributed by atoms with van der Waals surface area (Å²) in [5.41, 5.74) is 0. The fourth-order valence-electron chi connectivity index (χ4n) is 1.35. The molecule has 0 aromatic rings. The summed E-state index contributed by atoms with van der Waals surface area (Å²) in [6.07, 6.45) is 9.71. The average molecular weight is 331 g/mol. The zero-order valence-corrected chi connectivity index (χ0v) is 14.0. The number of hydrogen-bond donors (Lipinski definition) is 2. The first-order chi connectivity index (χ1) is 11.5. The third-order valence-electron chi connectivity index (χ3n) is 2.38. The van der Waals surface area contributed by atoms with Crippen molar-refractivity contribution in [2.24, 2.45) is 0 Å². The Labute approximate surface area is 147 Å². The third-order valence-corrected chi connectivity index (χ3v) is 3.67. The second-order valence-corrected chi connectivity index (χ2v) is 6.04. The van der Waals surface area contributed by atoms with E-state index in [4.69, 9.17) is 18.0 Å². The number of nitrogens with one attached hydrogen (secondary N) is 1. The molecular weight excluding hydrogens is 318 g/mol. The largest absolute Gasteiger partial charge is 0.480 e. The summed E-state index contributed by atoms with van der Waals surface area (Å²) in [4.78, 5) is 10.5. The minimum Gasteiger partial charge on any atom is -0.480 e. The zero-order chi connectivity index (χ0) is 18.3. The van der Waals surface area contributed by atoms with E-state index >= 15 is 0 Å². The normalized spacial score (nSPS) is 14.8. The van der Waals surface area contributed by atoms with Crippen LogP contribution in [0.2, 0.25) is 0 Å². The van der Waals surface area contributed by atoms with Crippen molar-refractivity contribution in [3.63, 3.8) is 0 Å². The fourth-order valence-corrected chi connectivity index (χ4v) is 2.32. The number of rotatable bonds is 1. The number of carbonyl (C=O) groups is 1. The van der Waals surface area contributed by atoms with Crippen molar-refractivity contribution in [1.82, 2.24) is 5.32 Å². The number of thioether (sulfide) groups is 1. The van der Waals surface area contributed by atoms with Crippen LogP contribution in [0, 0.1) is 83.9 Å². The maximum Gasteiger partial charge on any atom is 0.322 e. The quantitative estimate of drug-likeness (QED) is 0.698. The molecule has 1 saturated heterocycles. The van der Waals surface area contributed by atoms with Gasteiger partial charge in [0.1, 0.15) is 6.04 Å². The summed E-state index contributed by atoms with van der Waals surface area (Å²) in [6.45, 7) is 3.88. The topological polar surface area (TPSA) is 49.3 Å². The lowest BCUT2D eigenvalue weighted by atomic mass is 10.0. The van der Waals surface area contributed by atoms with E-state index in [2.05, 4.69) is 76.4 Å². The monoisotopic (exact) mass is 331 g/mol. The molecule has 116 valence electrons. The maximum atomic E-state index is 10.5. The van der Waals surface area contributed by atoms with E-state index in [1.165, 1.54) is 0 Å². The maximum absolute atomic E-state index is 10.5. The third kappa shape index (κ3) is 9.60. The molecule has 0 aliphatic carbocycles. The Kier molecular flexibility index (Phi) is 10.6. The molecule has 1 heterocycles. The second-order valence-electron chi connectivity index (χ2n) is 4.41. The molecule has 0 radical (unpaired) electrons. The summed E-state index contributed by atoms with van der Waals surface area (Å²) < 4.78 is -0.161. The lowest BCUT2D eigenvalue weighted by Crippen LogP contribution is -2.43. The van der Waals surface area contributed by atoms with Crippen LogP contribution in [0.15, 0.2) is 0 Å². The summed E-state index contributed by atoms with van der Waals surface area (Å²) in [5, 5.41) is 11.6. The Bertz CT molecular complexity index is 804. The highest BCUT2D eigenvalue weighted by atomic mass is 32.2. The molecule has 3 nitrogen and oxygen atoms in total. The van der Waals surface area contributed by atoms with E-state index in [1.807, 2.05) is 13.8 Å². The molecule has 24 heavy (non-hydrogen) atoms. The standard InChI is InChI=1S/C14H2.C6H11NO2S/c1-3-5-7-9-11-13-14-12-10-8-6-4-2;1-6(2)4(5(8)9)7-3-10-6/h1-2H;4,7H,3H2,1-2H3,(H,8,9). The van der Waals surface area contributed by atoms with Gasteiger partial charge in [0.05, 0.1) is 0 Å². The molecule has 0 aromatic carbocycles. The van der Waals surface area contributed by atoms with Gasteiger partial charge < -0.3 is 5.11 Å². The Hall–Kier alpha value is -3.30. The average Bonchev–Trinajstić information content (AvgIpc) is 2.89. The van der Waals surface area contributed by atoms with Gasteiger partial charge in [0.25, 0.3) is 0 Å². The van der Waals surface area contributed by atoms with Crippen molar-refractivity contribution < 1.29 is 9.90 Å². The summed E-state index contributed by atoms with van der Waals surface area (Å²) in [7, 11) is 0. The first kappa shape index (κ1) is 20.7. The van der Waals surface area contributed by atoms with Gasteiger partial charge in [-0.2, -0.15) is 0 Å². The number of aliphatic carboxylic acids is 1. The van der Waals surface area contributed by atoms with Crippen molar-refractivity contribution in [2.45, 2.75) is 24.6 Å². The van der Waals surface area contributed by atoms with Crippen LogP contribution in [0.4, 0.5) is 0 Å². The van der Waals surface area contributed by atoms with E-state index in [0.717, 1.165) is 5.88 Å². The van der Waals surface area contributed by atoms with E-state index in [0.29, 0.717) is 0 Å². The predicted molar refractivity (Wildman–Crippen MR) is 97.6 cm³/mol. The van der Waals surface area contributed by atoms with E-state index < -0.39 is 12.0 Å². The molecule has 1 aliphatic rings. The lowest BCUT2D eigenvalue weighted by molar-refractivity contribution is -0.139.